The molecule has 1 aliphatic rings. The van der Waals surface area contributed by atoms with Gasteiger partial charge in [0.05, 0.1) is 19.0 Å². The topological polar surface area (TPSA) is 204 Å². The lowest BCUT2D eigenvalue weighted by molar-refractivity contribution is -0.149. The number of hydrogen-bond donors (Lipinski definition) is 5. The van der Waals surface area contributed by atoms with Gasteiger partial charge in [-0.15, -0.1) is 0 Å². The number of halogens is 1. The highest BCUT2D eigenvalue weighted by Gasteiger charge is 2.45. The zero-order valence-corrected chi connectivity index (χ0v) is 18.2. The van der Waals surface area contributed by atoms with Crippen LogP contribution < -0.4 is 10.8 Å². The second-order valence-corrected chi connectivity index (χ2v) is 8.96. The molecule has 1 aliphatic heterocycles. The number of anilines is 1. The third-order valence-electron chi connectivity index (χ3n) is 4.51. The molecule has 1 unspecified atom stereocenters. The molecule has 14 nitrogen and oxygen atoms in total. The number of aliphatic hydroxyl groups excluding tert-OH is 2. The van der Waals surface area contributed by atoms with Gasteiger partial charge in [0.1, 0.15) is 24.4 Å². The number of esters is 1. The van der Waals surface area contributed by atoms with Gasteiger partial charge in [-0.25, -0.2) is 14.6 Å². The largest absolute Gasteiger partial charge is 0.462 e. The maximum atomic E-state index is 13.6. The van der Waals surface area contributed by atoms with Crippen LogP contribution in [0.5, 0.6) is 0 Å². The number of imidazole rings is 1. The number of nitrogens with two attached hydrogens (primary N) is 1. The van der Waals surface area contributed by atoms with Crippen molar-refractivity contribution in [2.24, 2.45) is 0 Å². The fourth-order valence-corrected chi connectivity index (χ4v) is 4.06. The van der Waals surface area contributed by atoms with E-state index in [1.807, 2.05) is 0 Å². The van der Waals surface area contributed by atoms with Gasteiger partial charge in [0, 0.05) is 0 Å². The average molecular weight is 478 g/mol. The van der Waals surface area contributed by atoms with Crippen LogP contribution in [-0.2, 0) is 23.4 Å². The third-order valence-corrected chi connectivity index (χ3v) is 5.72. The molecule has 6 atom stereocenters. The van der Waals surface area contributed by atoms with Crippen LogP contribution in [0.25, 0.3) is 11.2 Å². The molecule has 6 N–H and O–H groups in total. The van der Waals surface area contributed by atoms with Gasteiger partial charge in [0.15, 0.2) is 23.2 Å². The molecular weight excluding hydrogens is 454 g/mol. The number of rotatable bonds is 8. The summed E-state index contributed by atoms with van der Waals surface area (Å²) in [6.07, 6.45) is -5.97. The average Bonchev–Trinajstić information content (AvgIpc) is 3.21. The Labute approximate surface area is 181 Å². The maximum absolute atomic E-state index is 13.6. The van der Waals surface area contributed by atoms with E-state index in [4.69, 9.17) is 19.7 Å². The quantitative estimate of drug-likeness (QED) is 0.179. The van der Waals surface area contributed by atoms with Crippen LogP contribution >= 0.6 is 7.75 Å². The predicted octanol–water partition coefficient (Wildman–Crippen LogP) is -0.786. The van der Waals surface area contributed by atoms with E-state index in [-0.39, 0.29) is 17.0 Å². The van der Waals surface area contributed by atoms with Crippen molar-refractivity contribution in [3.63, 3.8) is 0 Å². The summed E-state index contributed by atoms with van der Waals surface area (Å²) >= 11 is 0. The Kier molecular flexibility index (Phi) is 7.09. The van der Waals surface area contributed by atoms with Crippen LogP contribution in [0.2, 0.25) is 0 Å². The van der Waals surface area contributed by atoms with E-state index in [9.17, 15) is 28.9 Å². The van der Waals surface area contributed by atoms with Gasteiger partial charge in [-0.05, 0) is 20.8 Å². The number of aromatic nitrogens is 4. The van der Waals surface area contributed by atoms with Gasteiger partial charge < -0.3 is 30.3 Å². The molecular formula is C16H24FN6O8P. The lowest BCUT2D eigenvalue weighted by atomic mass is 10.1. The van der Waals surface area contributed by atoms with Gasteiger partial charge in [-0.1, -0.05) is 0 Å². The van der Waals surface area contributed by atoms with Crippen molar-refractivity contribution in [1.29, 1.82) is 0 Å². The second kappa shape index (κ2) is 9.31. The first-order valence-corrected chi connectivity index (χ1v) is 11.1. The molecule has 0 aliphatic carbocycles. The molecule has 1 saturated heterocycles. The summed E-state index contributed by atoms with van der Waals surface area (Å²) < 4.78 is 42.3. The number of carbonyl (C=O) groups is 1. The molecule has 3 heterocycles. The van der Waals surface area contributed by atoms with Crippen molar-refractivity contribution >= 4 is 30.7 Å². The number of nitrogens with one attached hydrogen (secondary N) is 1. The molecule has 178 valence electrons. The number of aliphatic hydroxyl groups is 2. The van der Waals surface area contributed by atoms with E-state index in [0.717, 1.165) is 4.57 Å². The van der Waals surface area contributed by atoms with Crippen LogP contribution in [-0.4, -0.2) is 77.7 Å². The first kappa shape index (κ1) is 24.4. The van der Waals surface area contributed by atoms with E-state index in [0.29, 0.717) is 0 Å². The first-order valence-electron chi connectivity index (χ1n) is 9.52. The smallest absolute Gasteiger partial charge is 0.403 e. The Hall–Kier alpha value is -2.26. The van der Waals surface area contributed by atoms with Crippen LogP contribution in [0.3, 0.4) is 0 Å². The number of fused-ring (bicyclic) bond motifs is 1. The summed E-state index contributed by atoms with van der Waals surface area (Å²) in [4.78, 5) is 32.6. The SMILES string of the molecule is CC(C)OC(=O)[C@@H](C)NP(=O)(O)OC[C@@H]1O[C@@H](n2cnc3c(N)nc(F)nc32)[C@H](O)[C@H]1O. The van der Waals surface area contributed by atoms with E-state index >= 15 is 0 Å². The maximum Gasteiger partial charge on any atom is 0.403 e. The first-order chi connectivity index (χ1) is 14.9. The minimum absolute atomic E-state index is 0.0581. The Morgan fingerprint density at radius 1 is 1.38 bits per heavy atom. The summed E-state index contributed by atoms with van der Waals surface area (Å²) in [5.41, 5.74) is 5.58. The van der Waals surface area contributed by atoms with Crippen LogP contribution in [0, 0.1) is 6.08 Å². The monoisotopic (exact) mass is 478 g/mol. The molecule has 0 bridgehead atoms. The molecule has 0 saturated carbocycles. The van der Waals surface area contributed by atoms with Crippen LogP contribution in [0.1, 0.15) is 27.0 Å². The molecule has 0 radical (unpaired) electrons. The molecule has 0 spiro atoms. The lowest BCUT2D eigenvalue weighted by Gasteiger charge is -2.21. The summed E-state index contributed by atoms with van der Waals surface area (Å²) in [5.74, 6) is -0.984. The van der Waals surface area contributed by atoms with Crippen LogP contribution in [0.15, 0.2) is 6.33 Å². The number of nitrogen functional groups attached to an aromatic ring is 1. The van der Waals surface area contributed by atoms with E-state index in [1.54, 1.807) is 13.8 Å². The third kappa shape index (κ3) is 5.20. The molecule has 32 heavy (non-hydrogen) atoms. The van der Waals surface area contributed by atoms with Crippen molar-refractivity contribution in [3.05, 3.63) is 12.4 Å². The van der Waals surface area contributed by atoms with Crippen molar-refractivity contribution in [2.75, 3.05) is 12.3 Å². The highest BCUT2D eigenvalue weighted by molar-refractivity contribution is 7.50. The Balaban J connectivity index is 1.67. The van der Waals surface area contributed by atoms with Gasteiger partial charge in [-0.3, -0.25) is 13.9 Å². The molecule has 3 rings (SSSR count). The molecule has 2 aromatic rings. The number of ether oxygens (including phenoxy) is 2. The van der Waals surface area contributed by atoms with Gasteiger partial charge in [0.25, 0.3) is 0 Å². The highest BCUT2D eigenvalue weighted by Crippen LogP contribution is 2.40. The number of carbonyl (C=O) groups excluding carboxylic acids is 1. The normalized spacial score (nSPS) is 26.4. The zero-order chi connectivity index (χ0) is 23.8. The summed E-state index contributed by atoms with van der Waals surface area (Å²) in [6.45, 7) is 3.94. The van der Waals surface area contributed by atoms with Crippen molar-refractivity contribution < 1.29 is 42.9 Å². The summed E-state index contributed by atoms with van der Waals surface area (Å²) in [7, 11) is -4.51. The molecule has 16 heteroatoms. The van der Waals surface area contributed by atoms with E-state index in [2.05, 4.69) is 20.0 Å². The van der Waals surface area contributed by atoms with Gasteiger partial charge in [0.2, 0.25) is 0 Å². The minimum atomic E-state index is -4.51. The molecule has 0 amide bonds. The highest BCUT2D eigenvalue weighted by atomic mass is 31.2. The van der Waals surface area contributed by atoms with Gasteiger partial charge in [-0.2, -0.15) is 14.4 Å². The lowest BCUT2D eigenvalue weighted by Crippen LogP contribution is -2.37. The van der Waals surface area contributed by atoms with Gasteiger partial charge >= 0.3 is 19.8 Å². The number of nitrogens with zero attached hydrogens (tertiary/aromatic N) is 4. The van der Waals surface area contributed by atoms with Crippen LogP contribution in [0.4, 0.5) is 10.2 Å². The van der Waals surface area contributed by atoms with Crippen molar-refractivity contribution in [3.8, 4) is 0 Å². The van der Waals surface area contributed by atoms with E-state index < -0.39 is 63.1 Å². The molecule has 0 aromatic carbocycles. The summed E-state index contributed by atoms with van der Waals surface area (Å²) in [5, 5.41) is 22.8. The number of hydrogen-bond acceptors (Lipinski definition) is 11. The standard InChI is InChI=1S/C16H24FN6O8P/c1-6(2)30-15(26)7(3)22-32(27,28)29-4-8-10(24)11(25)14(31-8)23-5-19-9-12(18)20-16(17)21-13(9)23/h5-8,10-11,14,24-25H,4H2,1-3H3,(H2,18,20,21)(H2,22,27,28)/t7-,8+,10+,11-,14-/m1/s1. The molecule has 2 aromatic heterocycles. The minimum Gasteiger partial charge on any atom is -0.462 e. The van der Waals surface area contributed by atoms with E-state index in [1.165, 1.54) is 13.3 Å². The predicted molar refractivity (Wildman–Crippen MR) is 105 cm³/mol. The Morgan fingerprint density at radius 3 is 2.72 bits per heavy atom. The Bertz CT molecular complexity index is 1040. The van der Waals surface area contributed by atoms with Crippen molar-refractivity contribution in [1.82, 2.24) is 24.6 Å². The molecule has 1 fully saturated rings. The second-order valence-electron chi connectivity index (χ2n) is 7.40. The fraction of sp³-hybridized carbons (Fsp3) is 0.625. The zero-order valence-electron chi connectivity index (χ0n) is 17.3. The Morgan fingerprint density at radius 2 is 2.06 bits per heavy atom. The van der Waals surface area contributed by atoms with Crippen molar-refractivity contribution in [2.45, 2.75) is 57.5 Å². The summed E-state index contributed by atoms with van der Waals surface area (Å²) in [6, 6.07) is -1.15. The fourth-order valence-electron chi connectivity index (χ4n) is 3.04.